The van der Waals surface area contributed by atoms with Crippen molar-refractivity contribution in [1.29, 1.82) is 0 Å². The van der Waals surface area contributed by atoms with Crippen LogP contribution in [0.2, 0.25) is 0 Å². The van der Waals surface area contributed by atoms with Crippen LogP contribution < -0.4 is 0 Å². The molecule has 0 aromatic rings. The molecular weight excluding hydrogens is 246 g/mol. The smallest absolute Gasteiger partial charge is 0.250 e. The van der Waals surface area contributed by atoms with Crippen LogP contribution in [0.25, 0.3) is 0 Å². The zero-order valence-electron chi connectivity index (χ0n) is 12.5. The molecule has 1 N–H and O–H groups in total. The predicted octanol–water partition coefficient (Wildman–Crippen LogP) is 5.17. The van der Waals surface area contributed by atoms with Crippen molar-refractivity contribution in [2.45, 2.75) is 90.1 Å². The van der Waals surface area contributed by atoms with E-state index in [2.05, 4.69) is 13.8 Å². The molecule has 1 saturated carbocycles. The highest BCUT2D eigenvalue weighted by molar-refractivity contribution is 4.87. The molecule has 0 spiro atoms. The third-order valence-corrected chi connectivity index (χ3v) is 4.65. The quantitative estimate of drug-likeness (QED) is 0.606. The monoisotopic (exact) mass is 276 g/mol. The first-order valence-electron chi connectivity index (χ1n) is 8.06. The number of aliphatic hydroxyl groups is 1. The molecule has 0 aliphatic heterocycles. The molecule has 1 unspecified atom stereocenters. The number of unbranched alkanes of at least 4 members (excludes halogenated alkanes) is 4. The topological polar surface area (TPSA) is 20.2 Å². The van der Waals surface area contributed by atoms with Crippen molar-refractivity contribution in [3.05, 3.63) is 0 Å². The highest BCUT2D eigenvalue weighted by Gasteiger charge is 2.42. The zero-order valence-corrected chi connectivity index (χ0v) is 12.5. The molecule has 3 atom stereocenters. The first-order chi connectivity index (χ1) is 9.00. The van der Waals surface area contributed by atoms with Gasteiger partial charge in [-0.15, -0.1) is 0 Å². The Morgan fingerprint density at radius 1 is 1.16 bits per heavy atom. The molecule has 0 radical (unpaired) electrons. The van der Waals surface area contributed by atoms with Crippen LogP contribution in [0, 0.1) is 11.8 Å². The van der Waals surface area contributed by atoms with Gasteiger partial charge in [-0.05, 0) is 18.3 Å². The summed E-state index contributed by atoms with van der Waals surface area (Å²) < 4.78 is 26.5. The maximum Gasteiger partial charge on any atom is 0.250 e. The van der Waals surface area contributed by atoms with E-state index in [1.165, 1.54) is 32.1 Å². The molecule has 3 heteroatoms. The van der Waals surface area contributed by atoms with Gasteiger partial charge in [0.05, 0.1) is 6.10 Å². The van der Waals surface area contributed by atoms with Crippen molar-refractivity contribution < 1.29 is 13.9 Å². The Labute approximate surface area is 116 Å². The number of hydrogen-bond donors (Lipinski definition) is 1. The van der Waals surface area contributed by atoms with Gasteiger partial charge >= 0.3 is 0 Å². The summed E-state index contributed by atoms with van der Waals surface area (Å²) in [5.41, 5.74) is 0. The maximum atomic E-state index is 13.2. The van der Waals surface area contributed by atoms with Crippen molar-refractivity contribution in [2.75, 3.05) is 0 Å². The van der Waals surface area contributed by atoms with E-state index >= 15 is 0 Å². The van der Waals surface area contributed by atoms with Crippen LogP contribution >= 0.6 is 0 Å². The van der Waals surface area contributed by atoms with Gasteiger partial charge in [-0.2, -0.15) is 0 Å². The van der Waals surface area contributed by atoms with Crippen molar-refractivity contribution in [3.8, 4) is 0 Å². The summed E-state index contributed by atoms with van der Waals surface area (Å²) in [5.74, 6) is -2.13. The van der Waals surface area contributed by atoms with E-state index in [-0.39, 0.29) is 18.8 Å². The Bertz CT molecular complexity index is 243. The fourth-order valence-electron chi connectivity index (χ4n) is 3.41. The second kappa shape index (κ2) is 8.18. The summed E-state index contributed by atoms with van der Waals surface area (Å²) in [6, 6.07) is 0. The molecule has 0 aromatic carbocycles. The number of aliphatic hydroxyl groups excluding tert-OH is 1. The van der Waals surface area contributed by atoms with Gasteiger partial charge in [0.1, 0.15) is 0 Å². The van der Waals surface area contributed by atoms with Crippen molar-refractivity contribution >= 4 is 0 Å². The molecule has 1 rings (SSSR count). The third kappa shape index (κ3) is 5.76. The van der Waals surface area contributed by atoms with Gasteiger partial charge in [0.15, 0.2) is 0 Å². The van der Waals surface area contributed by atoms with Gasteiger partial charge in [0.25, 0.3) is 5.92 Å². The van der Waals surface area contributed by atoms with Crippen LogP contribution in [-0.4, -0.2) is 17.1 Å². The summed E-state index contributed by atoms with van der Waals surface area (Å²) in [5, 5.41) is 9.97. The number of alkyl halides is 2. The van der Waals surface area contributed by atoms with Gasteiger partial charge in [-0.3, -0.25) is 0 Å². The lowest BCUT2D eigenvalue weighted by Gasteiger charge is -2.37. The molecule has 114 valence electrons. The summed E-state index contributed by atoms with van der Waals surface area (Å²) >= 11 is 0. The van der Waals surface area contributed by atoms with E-state index in [9.17, 15) is 13.9 Å². The molecular formula is C16H30F2O. The van der Waals surface area contributed by atoms with Gasteiger partial charge in [0.2, 0.25) is 0 Å². The largest absolute Gasteiger partial charge is 0.393 e. The second-order valence-corrected chi connectivity index (χ2v) is 6.20. The number of rotatable bonds is 8. The molecule has 0 saturated heterocycles. The first-order valence-corrected chi connectivity index (χ1v) is 8.06. The van der Waals surface area contributed by atoms with Crippen LogP contribution in [0.3, 0.4) is 0 Å². The van der Waals surface area contributed by atoms with E-state index in [0.29, 0.717) is 12.3 Å². The van der Waals surface area contributed by atoms with Crippen LogP contribution in [0.15, 0.2) is 0 Å². The maximum absolute atomic E-state index is 13.2. The lowest BCUT2D eigenvalue weighted by atomic mass is 9.73. The minimum Gasteiger partial charge on any atom is -0.393 e. The zero-order chi connectivity index (χ0) is 14.3. The van der Waals surface area contributed by atoms with Crippen molar-refractivity contribution in [2.24, 2.45) is 11.8 Å². The second-order valence-electron chi connectivity index (χ2n) is 6.20. The third-order valence-electron chi connectivity index (χ3n) is 4.65. The molecule has 19 heavy (non-hydrogen) atoms. The Kier molecular flexibility index (Phi) is 7.27. The molecule has 0 amide bonds. The minimum absolute atomic E-state index is 0.0406. The van der Waals surface area contributed by atoms with Gasteiger partial charge < -0.3 is 5.11 Å². The van der Waals surface area contributed by atoms with Crippen LogP contribution in [0.1, 0.15) is 78.1 Å². The van der Waals surface area contributed by atoms with E-state index < -0.39 is 12.0 Å². The molecule has 1 aliphatic carbocycles. The Morgan fingerprint density at radius 3 is 2.42 bits per heavy atom. The van der Waals surface area contributed by atoms with Gasteiger partial charge in [-0.25, -0.2) is 8.78 Å². The van der Waals surface area contributed by atoms with Crippen LogP contribution in [-0.2, 0) is 0 Å². The van der Waals surface area contributed by atoms with Gasteiger partial charge in [-0.1, -0.05) is 58.8 Å². The highest BCUT2D eigenvalue weighted by atomic mass is 19.3. The van der Waals surface area contributed by atoms with E-state index in [1.807, 2.05) is 0 Å². The minimum atomic E-state index is -2.64. The van der Waals surface area contributed by atoms with E-state index in [0.717, 1.165) is 12.8 Å². The fourth-order valence-corrected chi connectivity index (χ4v) is 3.41. The summed E-state index contributed by atoms with van der Waals surface area (Å²) in [6.45, 7) is 4.32. The summed E-state index contributed by atoms with van der Waals surface area (Å²) in [6.07, 6.45) is 7.63. The van der Waals surface area contributed by atoms with Gasteiger partial charge in [0, 0.05) is 12.8 Å². The number of hydrogen-bond acceptors (Lipinski definition) is 1. The van der Waals surface area contributed by atoms with E-state index in [1.54, 1.807) is 0 Å². The molecule has 1 fully saturated rings. The summed E-state index contributed by atoms with van der Waals surface area (Å²) in [4.78, 5) is 0. The average Bonchev–Trinajstić information content (AvgIpc) is 2.34. The Hall–Kier alpha value is -0.180. The predicted molar refractivity (Wildman–Crippen MR) is 75.5 cm³/mol. The lowest BCUT2D eigenvalue weighted by Crippen LogP contribution is -2.39. The van der Waals surface area contributed by atoms with Crippen LogP contribution in [0.4, 0.5) is 8.78 Å². The standard InChI is InChI=1S/C16H30F2O/c1-3-5-6-7-8-9-13(4-2)14-10-11-16(17,18)12-15(14)19/h13-15,19H,3-12H2,1-2H3/t13?,14-,15+/m1/s1. The highest BCUT2D eigenvalue weighted by Crippen LogP contribution is 2.41. The molecule has 0 heterocycles. The summed E-state index contributed by atoms with van der Waals surface area (Å²) in [7, 11) is 0. The van der Waals surface area contributed by atoms with Crippen molar-refractivity contribution in [1.82, 2.24) is 0 Å². The molecule has 0 aromatic heterocycles. The Balaban J connectivity index is 2.34. The van der Waals surface area contributed by atoms with E-state index in [4.69, 9.17) is 0 Å². The lowest BCUT2D eigenvalue weighted by molar-refractivity contribution is -0.108. The Morgan fingerprint density at radius 2 is 1.84 bits per heavy atom. The molecule has 1 nitrogen and oxygen atoms in total. The van der Waals surface area contributed by atoms with Crippen molar-refractivity contribution in [3.63, 3.8) is 0 Å². The average molecular weight is 276 g/mol. The SMILES string of the molecule is CCCCCCCC(CC)[C@H]1CCC(F)(F)C[C@@H]1O. The normalized spacial score (nSPS) is 28.3. The first kappa shape index (κ1) is 16.9. The van der Waals surface area contributed by atoms with Crippen LogP contribution in [0.5, 0.6) is 0 Å². The molecule has 0 bridgehead atoms. The number of halogens is 2. The molecule has 1 aliphatic rings. The fraction of sp³-hybridized carbons (Fsp3) is 1.00.